The Morgan fingerprint density at radius 1 is 1.57 bits per heavy atom. The van der Waals surface area contributed by atoms with Gasteiger partial charge in [0, 0.05) is 15.7 Å². The third-order valence-electron chi connectivity index (χ3n) is 1.57. The molecule has 0 aliphatic rings. The van der Waals surface area contributed by atoms with Gasteiger partial charge in [0.1, 0.15) is 0 Å². The van der Waals surface area contributed by atoms with E-state index in [9.17, 15) is 14.9 Å². The average Bonchev–Trinajstić information content (AvgIpc) is 2.16. The first-order valence-corrected chi connectivity index (χ1v) is 4.66. The molecule has 1 rings (SSSR count). The molecule has 14 heavy (non-hydrogen) atoms. The minimum Gasteiger partial charge on any atom is -0.465 e. The van der Waals surface area contributed by atoms with Crippen LogP contribution in [0.1, 0.15) is 10.4 Å². The maximum absolute atomic E-state index is 11.1. The van der Waals surface area contributed by atoms with Crippen molar-refractivity contribution >= 4 is 34.2 Å². The van der Waals surface area contributed by atoms with Gasteiger partial charge in [0.25, 0.3) is 5.69 Å². The number of halogens is 1. The number of hydrogen-bond donors (Lipinski definition) is 0. The summed E-state index contributed by atoms with van der Waals surface area (Å²) in [5.74, 6) is -0.496. The molecule has 74 valence electrons. The third kappa shape index (κ3) is 2.19. The van der Waals surface area contributed by atoms with Crippen molar-refractivity contribution < 1.29 is 14.5 Å². The van der Waals surface area contributed by atoms with E-state index >= 15 is 0 Å². The van der Waals surface area contributed by atoms with E-state index in [-0.39, 0.29) is 5.69 Å². The van der Waals surface area contributed by atoms with Gasteiger partial charge in [-0.15, -0.1) is 0 Å². The SMILES string of the molecule is COC(=O)c1ccc([N+](=O)[O-])cc1I. The number of benzene rings is 1. The van der Waals surface area contributed by atoms with Crippen LogP contribution in [0.25, 0.3) is 0 Å². The van der Waals surface area contributed by atoms with Crippen molar-refractivity contribution in [1.29, 1.82) is 0 Å². The Morgan fingerprint density at radius 3 is 2.64 bits per heavy atom. The maximum atomic E-state index is 11.1. The van der Waals surface area contributed by atoms with Gasteiger partial charge in [-0.3, -0.25) is 10.1 Å². The number of non-ortho nitro benzene ring substituents is 1. The quantitative estimate of drug-likeness (QED) is 0.362. The molecule has 0 radical (unpaired) electrons. The number of rotatable bonds is 2. The highest BCUT2D eigenvalue weighted by Crippen LogP contribution is 2.20. The van der Waals surface area contributed by atoms with E-state index in [1.165, 1.54) is 25.3 Å². The number of carbonyl (C=O) groups excluding carboxylic acids is 1. The first kappa shape index (κ1) is 10.9. The zero-order valence-electron chi connectivity index (χ0n) is 7.19. The van der Waals surface area contributed by atoms with Crippen LogP contribution < -0.4 is 0 Å². The number of hydrogen-bond acceptors (Lipinski definition) is 4. The lowest BCUT2D eigenvalue weighted by molar-refractivity contribution is -0.384. The Bertz CT molecular complexity index is 391. The number of methoxy groups -OCH3 is 1. The second-order valence-corrected chi connectivity index (χ2v) is 3.58. The first-order valence-electron chi connectivity index (χ1n) is 3.58. The number of esters is 1. The molecule has 1 aromatic carbocycles. The number of nitro groups is 1. The highest BCUT2D eigenvalue weighted by atomic mass is 127. The molecular weight excluding hydrogens is 301 g/mol. The van der Waals surface area contributed by atoms with Crippen LogP contribution in [0.3, 0.4) is 0 Å². The molecule has 0 N–H and O–H groups in total. The second kappa shape index (κ2) is 4.36. The summed E-state index contributed by atoms with van der Waals surface area (Å²) in [6.45, 7) is 0. The summed E-state index contributed by atoms with van der Waals surface area (Å²) in [6.07, 6.45) is 0. The van der Waals surface area contributed by atoms with E-state index < -0.39 is 10.9 Å². The number of nitro benzene ring substituents is 1. The van der Waals surface area contributed by atoms with Gasteiger partial charge in [0.15, 0.2) is 0 Å². The van der Waals surface area contributed by atoms with Gasteiger partial charge in [0.2, 0.25) is 0 Å². The Kier molecular flexibility index (Phi) is 3.39. The monoisotopic (exact) mass is 307 g/mol. The largest absolute Gasteiger partial charge is 0.465 e. The molecule has 0 saturated heterocycles. The topological polar surface area (TPSA) is 69.4 Å². The molecule has 0 fully saturated rings. The fraction of sp³-hybridized carbons (Fsp3) is 0.125. The van der Waals surface area contributed by atoms with Gasteiger partial charge in [-0.05, 0) is 28.7 Å². The summed E-state index contributed by atoms with van der Waals surface area (Å²) in [7, 11) is 1.26. The van der Waals surface area contributed by atoms with Crippen LogP contribution in [-0.4, -0.2) is 18.0 Å². The fourth-order valence-electron chi connectivity index (χ4n) is 0.893. The van der Waals surface area contributed by atoms with E-state index in [2.05, 4.69) is 4.74 Å². The Hall–Kier alpha value is -1.18. The molecule has 0 amide bonds. The molecule has 0 bridgehead atoms. The fourth-order valence-corrected chi connectivity index (χ4v) is 1.61. The highest BCUT2D eigenvalue weighted by molar-refractivity contribution is 14.1. The zero-order chi connectivity index (χ0) is 10.7. The normalized spacial score (nSPS) is 9.57. The van der Waals surface area contributed by atoms with Crippen molar-refractivity contribution in [3.63, 3.8) is 0 Å². The van der Waals surface area contributed by atoms with Crippen LogP contribution in [0.15, 0.2) is 18.2 Å². The van der Waals surface area contributed by atoms with Gasteiger partial charge in [0.05, 0.1) is 17.6 Å². The van der Waals surface area contributed by atoms with Crippen molar-refractivity contribution in [3.05, 3.63) is 37.4 Å². The Morgan fingerprint density at radius 2 is 2.21 bits per heavy atom. The van der Waals surface area contributed by atoms with E-state index in [1.807, 2.05) is 22.6 Å². The molecule has 0 atom stereocenters. The lowest BCUT2D eigenvalue weighted by Gasteiger charge is -2.01. The lowest BCUT2D eigenvalue weighted by Crippen LogP contribution is -2.04. The van der Waals surface area contributed by atoms with Gasteiger partial charge in [-0.2, -0.15) is 0 Å². The minimum absolute atomic E-state index is 0.0398. The summed E-state index contributed by atoms with van der Waals surface area (Å²) in [6, 6.07) is 3.98. The van der Waals surface area contributed by atoms with Crippen molar-refractivity contribution in [3.8, 4) is 0 Å². The van der Waals surface area contributed by atoms with Crippen LogP contribution in [0.2, 0.25) is 0 Å². The number of nitrogens with zero attached hydrogens (tertiary/aromatic N) is 1. The number of carbonyl (C=O) groups is 1. The predicted molar refractivity (Wildman–Crippen MR) is 57.2 cm³/mol. The summed E-state index contributed by atoms with van der Waals surface area (Å²) < 4.78 is 5.01. The van der Waals surface area contributed by atoms with E-state index in [0.717, 1.165) is 0 Å². The summed E-state index contributed by atoms with van der Waals surface area (Å²) in [5, 5.41) is 10.4. The lowest BCUT2D eigenvalue weighted by atomic mass is 10.2. The standard InChI is InChI=1S/C8H6INO4/c1-14-8(11)6-3-2-5(10(12)13)4-7(6)9/h2-4H,1H3. The van der Waals surface area contributed by atoms with Gasteiger partial charge in [-0.25, -0.2) is 4.79 Å². The molecule has 0 heterocycles. The minimum atomic E-state index is -0.511. The van der Waals surface area contributed by atoms with E-state index in [4.69, 9.17) is 0 Å². The first-order chi connectivity index (χ1) is 6.56. The number of ether oxygens (including phenoxy) is 1. The van der Waals surface area contributed by atoms with Gasteiger partial charge >= 0.3 is 5.97 Å². The Balaban J connectivity index is 3.14. The molecule has 0 aliphatic heterocycles. The van der Waals surface area contributed by atoms with Gasteiger partial charge < -0.3 is 4.74 Å². The second-order valence-electron chi connectivity index (χ2n) is 2.41. The summed E-state index contributed by atoms with van der Waals surface area (Å²) >= 11 is 1.85. The zero-order valence-corrected chi connectivity index (χ0v) is 9.35. The molecule has 6 heteroatoms. The Labute approximate surface area is 93.4 Å². The van der Waals surface area contributed by atoms with Crippen molar-refractivity contribution in [2.45, 2.75) is 0 Å². The summed E-state index contributed by atoms with van der Waals surface area (Å²) in [4.78, 5) is 21.0. The van der Waals surface area contributed by atoms with Crippen LogP contribution in [-0.2, 0) is 4.74 Å². The van der Waals surface area contributed by atoms with Crippen molar-refractivity contribution in [2.24, 2.45) is 0 Å². The maximum Gasteiger partial charge on any atom is 0.338 e. The molecule has 0 unspecified atom stereocenters. The smallest absolute Gasteiger partial charge is 0.338 e. The van der Waals surface area contributed by atoms with Crippen LogP contribution in [0.5, 0.6) is 0 Å². The van der Waals surface area contributed by atoms with E-state index in [1.54, 1.807) is 0 Å². The summed E-state index contributed by atoms with van der Waals surface area (Å²) in [5.41, 5.74) is 0.292. The molecule has 0 aromatic heterocycles. The third-order valence-corrected chi connectivity index (χ3v) is 2.46. The van der Waals surface area contributed by atoms with Crippen LogP contribution in [0.4, 0.5) is 5.69 Å². The highest BCUT2D eigenvalue weighted by Gasteiger charge is 2.14. The van der Waals surface area contributed by atoms with Crippen LogP contribution >= 0.6 is 22.6 Å². The van der Waals surface area contributed by atoms with Crippen LogP contribution in [0, 0.1) is 13.7 Å². The predicted octanol–water partition coefficient (Wildman–Crippen LogP) is 1.99. The molecular formula is C8H6INO4. The van der Waals surface area contributed by atoms with Crippen molar-refractivity contribution in [1.82, 2.24) is 0 Å². The molecule has 5 nitrogen and oxygen atoms in total. The average molecular weight is 307 g/mol. The molecule has 0 aliphatic carbocycles. The molecule has 0 spiro atoms. The van der Waals surface area contributed by atoms with Crippen molar-refractivity contribution in [2.75, 3.05) is 7.11 Å². The molecule has 0 saturated carbocycles. The molecule has 1 aromatic rings. The van der Waals surface area contributed by atoms with Gasteiger partial charge in [-0.1, -0.05) is 0 Å². The van der Waals surface area contributed by atoms with E-state index in [0.29, 0.717) is 9.13 Å².